The van der Waals surface area contributed by atoms with E-state index in [1.54, 1.807) is 14.0 Å². The third kappa shape index (κ3) is 7.56. The number of sulfonamides is 1. The standard InChI is InChI=1S/C42H55N5O9S/c1-5-31-35-29(30-21-28(54-4)15-16-32(30)43-31)17-18-41(56-35)23-34-36(48)45-42(38(50)46-57(52,53)40(3)19-20-40)22-27(42)11-9-7-6-8-10-12-33(37(49)47(34)24-41)44-39(51)55-25(2)26-13-14-26/h9,11,15-16,21,25-27,33-34H,5-8,10,12-14,17-20,22-24H2,1-4H3,(H,44,51)(H,45,48)(H,46,50)/b11-9-/t25-,27-,33+,34+,41-,42-/m1/s1. The number of amides is 4. The number of hydrogen-bond donors (Lipinski definition) is 3. The van der Waals surface area contributed by atoms with Crippen molar-refractivity contribution in [1.29, 1.82) is 0 Å². The first-order valence-electron chi connectivity index (χ1n) is 20.7. The van der Waals surface area contributed by atoms with E-state index in [0.717, 1.165) is 47.8 Å². The van der Waals surface area contributed by atoms with Gasteiger partial charge in [-0.1, -0.05) is 31.9 Å². The van der Waals surface area contributed by atoms with Gasteiger partial charge in [0, 0.05) is 23.3 Å². The fourth-order valence-corrected chi connectivity index (χ4v) is 10.3. The summed E-state index contributed by atoms with van der Waals surface area (Å²) in [5.41, 5.74) is 0.0898. The van der Waals surface area contributed by atoms with E-state index in [1.807, 2.05) is 44.2 Å². The fraction of sp³-hybridized carbons (Fsp3) is 0.643. The minimum absolute atomic E-state index is 0.0592. The lowest BCUT2D eigenvalue weighted by atomic mass is 9.87. The first-order chi connectivity index (χ1) is 27.2. The molecule has 0 unspecified atom stereocenters. The van der Waals surface area contributed by atoms with Crippen molar-refractivity contribution < 1.29 is 41.8 Å². The van der Waals surface area contributed by atoms with Crippen molar-refractivity contribution in [2.75, 3.05) is 13.7 Å². The molecule has 1 aromatic carbocycles. The lowest BCUT2D eigenvalue weighted by molar-refractivity contribution is -0.141. The molecule has 3 saturated carbocycles. The number of pyridine rings is 1. The maximum Gasteiger partial charge on any atom is 0.408 e. The quantitative estimate of drug-likeness (QED) is 0.315. The lowest BCUT2D eigenvalue weighted by Gasteiger charge is -2.37. The normalized spacial score (nSPS) is 30.6. The number of rotatable bonds is 8. The molecule has 3 aliphatic carbocycles. The summed E-state index contributed by atoms with van der Waals surface area (Å²) in [5.74, 6) is -0.571. The summed E-state index contributed by atoms with van der Waals surface area (Å²) in [6.45, 7) is 5.53. The molecule has 15 heteroatoms. The molecular weight excluding hydrogens is 751 g/mol. The van der Waals surface area contributed by atoms with Gasteiger partial charge >= 0.3 is 6.09 Å². The van der Waals surface area contributed by atoms with Gasteiger partial charge in [0.25, 0.3) is 5.91 Å². The minimum atomic E-state index is -3.99. The first kappa shape index (κ1) is 39.4. The highest BCUT2D eigenvalue weighted by molar-refractivity contribution is 7.91. The van der Waals surface area contributed by atoms with Crippen LogP contribution in [0.15, 0.2) is 30.4 Å². The topological polar surface area (TPSA) is 182 Å². The zero-order valence-corrected chi connectivity index (χ0v) is 34.2. The molecule has 4 amide bonds. The Morgan fingerprint density at radius 3 is 2.61 bits per heavy atom. The van der Waals surface area contributed by atoms with Crippen LogP contribution in [0.3, 0.4) is 0 Å². The predicted octanol–water partition coefficient (Wildman–Crippen LogP) is 4.76. The van der Waals surface area contributed by atoms with Crippen LogP contribution in [0, 0.1) is 11.8 Å². The highest BCUT2D eigenvalue weighted by Crippen LogP contribution is 2.49. The molecule has 1 spiro atoms. The summed E-state index contributed by atoms with van der Waals surface area (Å²) in [5, 5.41) is 6.74. The number of alkyl carbamates (subject to hydrolysis) is 1. The molecular formula is C42H55N5O9S. The maximum atomic E-state index is 14.9. The van der Waals surface area contributed by atoms with Crippen LogP contribution in [-0.4, -0.2) is 89.8 Å². The highest BCUT2D eigenvalue weighted by Gasteiger charge is 2.64. The summed E-state index contributed by atoms with van der Waals surface area (Å²) < 4.78 is 46.0. The molecule has 4 heterocycles. The van der Waals surface area contributed by atoms with Gasteiger partial charge in [0.1, 0.15) is 40.8 Å². The predicted molar refractivity (Wildman–Crippen MR) is 211 cm³/mol. The second kappa shape index (κ2) is 14.8. The van der Waals surface area contributed by atoms with Gasteiger partial charge in [0.05, 0.1) is 29.6 Å². The van der Waals surface area contributed by atoms with Crippen molar-refractivity contribution in [1.82, 2.24) is 25.2 Å². The van der Waals surface area contributed by atoms with E-state index < -0.39 is 67.7 Å². The Hall–Kier alpha value is -4.40. The Morgan fingerprint density at radius 1 is 1.11 bits per heavy atom. The third-order valence-electron chi connectivity index (χ3n) is 13.3. The molecule has 3 N–H and O–H groups in total. The summed E-state index contributed by atoms with van der Waals surface area (Å²) in [7, 11) is -2.37. The Kier molecular flexibility index (Phi) is 10.2. The van der Waals surface area contributed by atoms with Gasteiger partial charge in [-0.2, -0.15) is 0 Å². The molecule has 1 saturated heterocycles. The van der Waals surface area contributed by atoms with Crippen LogP contribution in [0.4, 0.5) is 4.79 Å². The number of aryl methyl sites for hydroxylation is 2. The Bertz CT molecular complexity index is 2120. The number of ether oxygens (including phenoxy) is 3. The van der Waals surface area contributed by atoms with Gasteiger partial charge in [-0.15, -0.1) is 0 Å². The number of nitrogens with zero attached hydrogens (tertiary/aromatic N) is 2. The lowest BCUT2D eigenvalue weighted by Crippen LogP contribution is -2.58. The van der Waals surface area contributed by atoms with E-state index in [1.165, 1.54) is 4.90 Å². The summed E-state index contributed by atoms with van der Waals surface area (Å²) in [6, 6.07) is 3.71. The van der Waals surface area contributed by atoms with E-state index >= 15 is 0 Å². The Balaban J connectivity index is 1.13. The van der Waals surface area contributed by atoms with Gasteiger partial charge in [-0.25, -0.2) is 18.2 Å². The zero-order chi connectivity index (χ0) is 40.3. The first-order valence-corrected chi connectivity index (χ1v) is 22.2. The summed E-state index contributed by atoms with van der Waals surface area (Å²) >= 11 is 0. The number of hydrogen-bond acceptors (Lipinski definition) is 10. The molecule has 8 rings (SSSR count). The third-order valence-corrected chi connectivity index (χ3v) is 15.4. The molecule has 1 aromatic heterocycles. The van der Waals surface area contributed by atoms with E-state index in [-0.39, 0.29) is 25.5 Å². The molecule has 308 valence electrons. The average Bonchev–Trinajstić information content (AvgIpc) is 4.11. The number of carbonyl (C=O) groups excluding carboxylic acids is 4. The number of aromatic nitrogens is 1. The number of benzene rings is 1. The van der Waals surface area contributed by atoms with Crippen LogP contribution in [0.25, 0.3) is 10.9 Å². The van der Waals surface area contributed by atoms with Crippen molar-refractivity contribution in [2.45, 2.75) is 145 Å². The van der Waals surface area contributed by atoms with Crippen molar-refractivity contribution in [3.05, 3.63) is 41.6 Å². The van der Waals surface area contributed by atoms with Crippen molar-refractivity contribution in [3.63, 3.8) is 0 Å². The van der Waals surface area contributed by atoms with Crippen LogP contribution in [0.2, 0.25) is 0 Å². The SMILES string of the molecule is CCc1nc2ccc(OC)cc2c2c1O[C@]1(CC2)C[C@H]2C(=O)N[C@]3(C(=O)NS(=O)(=O)C4(C)CC4)C[C@H]3/C=C\CCCCC[C@H](NC(=O)O[C@H](C)C3CC3)C(=O)N2C1. The fourth-order valence-electron chi connectivity index (χ4n) is 8.95. The molecule has 6 atom stereocenters. The Labute approximate surface area is 334 Å². The smallest absolute Gasteiger partial charge is 0.408 e. The molecule has 4 fully saturated rings. The molecule has 57 heavy (non-hydrogen) atoms. The van der Waals surface area contributed by atoms with E-state index in [4.69, 9.17) is 19.2 Å². The molecule has 6 aliphatic rings. The van der Waals surface area contributed by atoms with Crippen molar-refractivity contribution >= 4 is 44.7 Å². The van der Waals surface area contributed by atoms with Gasteiger partial charge in [0.15, 0.2) is 0 Å². The van der Waals surface area contributed by atoms with Crippen LogP contribution in [-0.2, 0) is 42.0 Å². The molecule has 14 nitrogen and oxygen atoms in total. The second-order valence-electron chi connectivity index (χ2n) is 17.4. The Morgan fingerprint density at radius 2 is 1.89 bits per heavy atom. The second-order valence-corrected chi connectivity index (χ2v) is 19.6. The molecule has 2 aromatic rings. The largest absolute Gasteiger partial charge is 0.497 e. The summed E-state index contributed by atoms with van der Waals surface area (Å²) in [6.07, 6.45) is 11.1. The highest BCUT2D eigenvalue weighted by atomic mass is 32.2. The van der Waals surface area contributed by atoms with E-state index in [0.29, 0.717) is 68.8 Å². The molecule has 3 aliphatic heterocycles. The van der Waals surface area contributed by atoms with Crippen LogP contribution >= 0.6 is 0 Å². The summed E-state index contributed by atoms with van der Waals surface area (Å²) in [4.78, 5) is 63.3. The maximum absolute atomic E-state index is 14.9. The number of nitrogens with one attached hydrogen (secondary N) is 3. The van der Waals surface area contributed by atoms with Crippen molar-refractivity contribution in [3.8, 4) is 11.5 Å². The molecule has 0 bridgehead atoms. The van der Waals surface area contributed by atoms with Crippen molar-refractivity contribution in [2.24, 2.45) is 11.8 Å². The number of carbonyl (C=O) groups is 4. The number of methoxy groups -OCH3 is 1. The van der Waals surface area contributed by atoms with E-state index in [9.17, 15) is 27.6 Å². The van der Waals surface area contributed by atoms with Crippen LogP contribution in [0.5, 0.6) is 11.5 Å². The van der Waals surface area contributed by atoms with Gasteiger partial charge in [-0.3, -0.25) is 19.1 Å². The number of allylic oxidation sites excluding steroid dienone is 1. The van der Waals surface area contributed by atoms with Gasteiger partial charge in [0.2, 0.25) is 21.8 Å². The van der Waals surface area contributed by atoms with Crippen LogP contribution in [0.1, 0.15) is 109 Å². The molecule has 0 radical (unpaired) electrons. The number of fused-ring (bicyclic) bond motifs is 5. The van der Waals surface area contributed by atoms with Gasteiger partial charge in [-0.05, 0) is 109 Å². The average molecular weight is 806 g/mol. The van der Waals surface area contributed by atoms with Crippen LogP contribution < -0.4 is 24.8 Å². The minimum Gasteiger partial charge on any atom is -0.497 e. The zero-order valence-electron chi connectivity index (χ0n) is 33.4. The van der Waals surface area contributed by atoms with Gasteiger partial charge < -0.3 is 29.7 Å². The van der Waals surface area contributed by atoms with E-state index in [2.05, 4.69) is 15.4 Å². The monoisotopic (exact) mass is 805 g/mol.